The molecule has 5 nitrogen and oxygen atoms in total. The van der Waals surface area contributed by atoms with Gasteiger partial charge in [0, 0.05) is 0 Å². The quantitative estimate of drug-likeness (QED) is 0.850. The van der Waals surface area contributed by atoms with Crippen molar-refractivity contribution in [1.82, 2.24) is 9.88 Å². The molecule has 0 amide bonds. The Balaban J connectivity index is 2.52. The maximum atomic E-state index is 10.9. The van der Waals surface area contributed by atoms with Crippen LogP contribution in [0.5, 0.6) is 0 Å². The van der Waals surface area contributed by atoms with Gasteiger partial charge in [-0.25, -0.2) is 9.78 Å². The van der Waals surface area contributed by atoms with Gasteiger partial charge in [0.2, 0.25) is 5.89 Å². The summed E-state index contributed by atoms with van der Waals surface area (Å²) in [5, 5.41) is 8.98. The summed E-state index contributed by atoms with van der Waals surface area (Å²) in [7, 11) is 3.79. The first-order valence-electron chi connectivity index (χ1n) is 4.84. The molecule has 0 bridgehead atoms. The highest BCUT2D eigenvalue weighted by Crippen LogP contribution is 2.20. The van der Waals surface area contributed by atoms with Crippen LogP contribution in [-0.2, 0) is 6.54 Å². The summed E-state index contributed by atoms with van der Waals surface area (Å²) in [6, 6.07) is 4.91. The van der Waals surface area contributed by atoms with Crippen LogP contribution >= 0.6 is 0 Å². The number of nitrogens with zero attached hydrogens (tertiary/aromatic N) is 2. The van der Waals surface area contributed by atoms with Gasteiger partial charge in [0.25, 0.3) is 0 Å². The lowest BCUT2D eigenvalue weighted by Crippen LogP contribution is -2.10. The minimum atomic E-state index is -1.00. The summed E-state index contributed by atoms with van der Waals surface area (Å²) in [6.45, 7) is 0.549. The number of carboxylic acids is 1. The number of aromatic carboxylic acids is 1. The third-order valence-electron chi connectivity index (χ3n) is 2.14. The summed E-state index contributed by atoms with van der Waals surface area (Å²) in [5.41, 5.74) is 1.07. The SMILES string of the molecule is CN(C)Cc1nc2cccc(C(=O)O)c2o1. The third kappa shape index (κ3) is 1.90. The Labute approximate surface area is 92.3 Å². The second-order valence-corrected chi connectivity index (χ2v) is 3.80. The Morgan fingerprint density at radius 3 is 2.88 bits per heavy atom. The smallest absolute Gasteiger partial charge is 0.339 e. The molecule has 2 rings (SSSR count). The van der Waals surface area contributed by atoms with Crippen LogP contribution < -0.4 is 0 Å². The molecule has 1 aromatic heterocycles. The van der Waals surface area contributed by atoms with Crippen molar-refractivity contribution in [1.29, 1.82) is 0 Å². The number of carboxylic acid groups (broad SMARTS) is 1. The minimum absolute atomic E-state index is 0.148. The second kappa shape index (κ2) is 3.94. The molecular formula is C11H12N2O3. The van der Waals surface area contributed by atoms with Crippen molar-refractivity contribution in [3.63, 3.8) is 0 Å². The van der Waals surface area contributed by atoms with Crippen molar-refractivity contribution in [2.24, 2.45) is 0 Å². The van der Waals surface area contributed by atoms with Crippen molar-refractivity contribution < 1.29 is 14.3 Å². The Bertz CT molecular complexity index is 531. The van der Waals surface area contributed by atoms with E-state index in [0.29, 0.717) is 23.5 Å². The molecule has 2 aromatic rings. The van der Waals surface area contributed by atoms with Crippen molar-refractivity contribution in [2.75, 3.05) is 14.1 Å². The molecule has 1 aromatic carbocycles. The van der Waals surface area contributed by atoms with Crippen molar-refractivity contribution >= 4 is 17.1 Å². The fraction of sp³-hybridized carbons (Fsp3) is 0.273. The molecule has 0 spiro atoms. The second-order valence-electron chi connectivity index (χ2n) is 3.80. The van der Waals surface area contributed by atoms with Crippen LogP contribution in [0.1, 0.15) is 16.2 Å². The summed E-state index contributed by atoms with van der Waals surface area (Å²) in [6.07, 6.45) is 0. The van der Waals surface area contributed by atoms with Gasteiger partial charge in [0.15, 0.2) is 5.58 Å². The lowest BCUT2D eigenvalue weighted by Gasteiger charge is -2.03. The van der Waals surface area contributed by atoms with Crippen LogP contribution in [0.4, 0.5) is 0 Å². The number of carbonyl (C=O) groups is 1. The van der Waals surface area contributed by atoms with Gasteiger partial charge in [-0.1, -0.05) is 6.07 Å². The van der Waals surface area contributed by atoms with Gasteiger partial charge in [-0.2, -0.15) is 0 Å². The zero-order chi connectivity index (χ0) is 11.7. The van der Waals surface area contributed by atoms with E-state index < -0.39 is 5.97 Å². The van der Waals surface area contributed by atoms with E-state index in [-0.39, 0.29) is 5.56 Å². The van der Waals surface area contributed by atoms with Crippen molar-refractivity contribution in [2.45, 2.75) is 6.54 Å². The highest BCUT2D eigenvalue weighted by atomic mass is 16.4. The van der Waals surface area contributed by atoms with E-state index in [4.69, 9.17) is 9.52 Å². The van der Waals surface area contributed by atoms with Crippen LogP contribution in [-0.4, -0.2) is 35.1 Å². The number of hydrogen-bond acceptors (Lipinski definition) is 4. The zero-order valence-electron chi connectivity index (χ0n) is 9.10. The molecule has 0 fully saturated rings. The average Bonchev–Trinajstić information content (AvgIpc) is 2.57. The summed E-state index contributed by atoms with van der Waals surface area (Å²) in [4.78, 5) is 17.1. The summed E-state index contributed by atoms with van der Waals surface area (Å²) in [5.74, 6) is -0.480. The van der Waals surface area contributed by atoms with E-state index in [2.05, 4.69) is 4.98 Å². The van der Waals surface area contributed by atoms with Gasteiger partial charge in [-0.3, -0.25) is 0 Å². The minimum Gasteiger partial charge on any atom is -0.478 e. The number of oxazole rings is 1. The molecule has 0 unspecified atom stereocenters. The number of benzene rings is 1. The van der Waals surface area contributed by atoms with E-state index >= 15 is 0 Å². The largest absolute Gasteiger partial charge is 0.478 e. The number of rotatable bonds is 3. The van der Waals surface area contributed by atoms with Crippen LogP contribution in [0, 0.1) is 0 Å². The maximum Gasteiger partial charge on any atom is 0.339 e. The van der Waals surface area contributed by atoms with E-state index in [1.807, 2.05) is 19.0 Å². The van der Waals surface area contributed by atoms with E-state index in [1.165, 1.54) is 6.07 Å². The summed E-state index contributed by atoms with van der Waals surface area (Å²) < 4.78 is 5.44. The molecule has 1 N–H and O–H groups in total. The summed E-state index contributed by atoms with van der Waals surface area (Å²) >= 11 is 0. The zero-order valence-corrected chi connectivity index (χ0v) is 9.10. The van der Waals surface area contributed by atoms with Crippen LogP contribution in [0.25, 0.3) is 11.1 Å². The Kier molecular flexibility index (Phi) is 2.62. The Hall–Kier alpha value is -1.88. The molecule has 5 heteroatoms. The fourth-order valence-electron chi connectivity index (χ4n) is 1.50. The van der Waals surface area contributed by atoms with Gasteiger partial charge in [-0.05, 0) is 26.2 Å². The van der Waals surface area contributed by atoms with E-state index in [9.17, 15) is 4.79 Å². The highest BCUT2D eigenvalue weighted by Gasteiger charge is 2.14. The molecule has 0 aliphatic heterocycles. The fourth-order valence-corrected chi connectivity index (χ4v) is 1.50. The molecule has 0 aliphatic carbocycles. The first-order valence-corrected chi connectivity index (χ1v) is 4.84. The van der Waals surface area contributed by atoms with Crippen LogP contribution in [0.2, 0.25) is 0 Å². The molecule has 0 saturated carbocycles. The Morgan fingerprint density at radius 1 is 1.50 bits per heavy atom. The maximum absolute atomic E-state index is 10.9. The first-order chi connectivity index (χ1) is 7.58. The van der Waals surface area contributed by atoms with Gasteiger partial charge in [-0.15, -0.1) is 0 Å². The number of fused-ring (bicyclic) bond motifs is 1. The van der Waals surface area contributed by atoms with Crippen molar-refractivity contribution in [3.05, 3.63) is 29.7 Å². The molecule has 0 aliphatic rings. The van der Waals surface area contributed by atoms with E-state index in [0.717, 1.165) is 0 Å². The van der Waals surface area contributed by atoms with Crippen LogP contribution in [0.15, 0.2) is 22.6 Å². The van der Waals surface area contributed by atoms with Gasteiger partial charge >= 0.3 is 5.97 Å². The lowest BCUT2D eigenvalue weighted by molar-refractivity contribution is 0.0698. The Morgan fingerprint density at radius 2 is 2.25 bits per heavy atom. The topological polar surface area (TPSA) is 66.6 Å². The number of hydrogen-bond donors (Lipinski definition) is 1. The molecule has 0 saturated heterocycles. The van der Waals surface area contributed by atoms with Gasteiger partial charge < -0.3 is 14.4 Å². The van der Waals surface area contributed by atoms with Gasteiger partial charge in [0.05, 0.1) is 6.54 Å². The highest BCUT2D eigenvalue weighted by molar-refractivity contribution is 5.99. The molecule has 16 heavy (non-hydrogen) atoms. The van der Waals surface area contributed by atoms with Gasteiger partial charge in [0.1, 0.15) is 11.1 Å². The van der Waals surface area contributed by atoms with Crippen LogP contribution in [0.3, 0.4) is 0 Å². The third-order valence-corrected chi connectivity index (χ3v) is 2.14. The normalized spacial score (nSPS) is 11.2. The van der Waals surface area contributed by atoms with E-state index in [1.54, 1.807) is 12.1 Å². The predicted molar refractivity (Wildman–Crippen MR) is 58.4 cm³/mol. The predicted octanol–water partition coefficient (Wildman–Crippen LogP) is 1.59. The monoisotopic (exact) mass is 220 g/mol. The molecule has 1 heterocycles. The molecular weight excluding hydrogens is 208 g/mol. The number of para-hydroxylation sites is 1. The average molecular weight is 220 g/mol. The van der Waals surface area contributed by atoms with Crippen molar-refractivity contribution in [3.8, 4) is 0 Å². The standard InChI is InChI=1S/C11H12N2O3/c1-13(2)6-9-12-8-5-3-4-7(11(14)15)10(8)16-9/h3-5H,6H2,1-2H3,(H,14,15). The lowest BCUT2D eigenvalue weighted by atomic mass is 10.2. The molecule has 0 atom stereocenters. The molecule has 0 radical (unpaired) electrons. The molecule has 84 valence electrons. The number of aromatic nitrogens is 1. The first kappa shape index (κ1) is 10.6.